The van der Waals surface area contributed by atoms with Crippen molar-refractivity contribution in [1.29, 1.82) is 0 Å². The molecule has 1 aliphatic rings. The molecule has 5 nitrogen and oxygen atoms in total. The molecule has 1 aromatic heterocycles. The second-order valence-electron chi connectivity index (χ2n) is 3.59. The lowest BCUT2D eigenvalue weighted by atomic mass is 10.1. The van der Waals surface area contributed by atoms with Crippen LogP contribution in [0.4, 0.5) is 11.5 Å². The van der Waals surface area contributed by atoms with E-state index in [9.17, 15) is 9.59 Å². The summed E-state index contributed by atoms with van der Waals surface area (Å²) < 4.78 is 0. The highest BCUT2D eigenvalue weighted by atomic mass is 16.2. The number of hydrogen-bond acceptors (Lipinski definition) is 4. The van der Waals surface area contributed by atoms with Crippen molar-refractivity contribution in [3.05, 3.63) is 18.3 Å². The number of imide groups is 1. The minimum Gasteiger partial charge on any atom is -0.396 e. The van der Waals surface area contributed by atoms with E-state index in [4.69, 9.17) is 5.73 Å². The van der Waals surface area contributed by atoms with Gasteiger partial charge in [0.25, 0.3) is 0 Å². The van der Waals surface area contributed by atoms with E-state index in [-0.39, 0.29) is 30.0 Å². The number of nitrogen functional groups attached to an aromatic ring is 1. The Morgan fingerprint density at radius 3 is 2.80 bits per heavy atom. The Kier molecular flexibility index (Phi) is 2.15. The van der Waals surface area contributed by atoms with Gasteiger partial charge in [-0.1, -0.05) is 6.92 Å². The monoisotopic (exact) mass is 205 g/mol. The fourth-order valence-electron chi connectivity index (χ4n) is 1.60. The first-order valence-corrected chi connectivity index (χ1v) is 4.68. The van der Waals surface area contributed by atoms with Crippen LogP contribution in [-0.2, 0) is 9.59 Å². The molecule has 1 aromatic rings. The molecule has 0 aliphatic carbocycles. The lowest BCUT2D eigenvalue weighted by molar-refractivity contribution is -0.122. The number of carbonyl (C=O) groups is 2. The smallest absolute Gasteiger partial charge is 0.238 e. The molecule has 1 unspecified atom stereocenters. The molecule has 2 N–H and O–H groups in total. The number of hydrogen-bond donors (Lipinski definition) is 1. The third-order valence-electron chi connectivity index (χ3n) is 2.40. The van der Waals surface area contributed by atoms with Crippen molar-refractivity contribution < 1.29 is 9.59 Å². The maximum absolute atomic E-state index is 11.7. The Labute approximate surface area is 86.9 Å². The number of carbonyl (C=O) groups excluding carboxylic acids is 2. The van der Waals surface area contributed by atoms with Crippen molar-refractivity contribution in [3.63, 3.8) is 0 Å². The van der Waals surface area contributed by atoms with E-state index in [1.54, 1.807) is 19.1 Å². The molecule has 0 bridgehead atoms. The predicted octanol–water partition coefficient (Wildman–Crippen LogP) is 0.563. The van der Waals surface area contributed by atoms with Crippen molar-refractivity contribution in [3.8, 4) is 0 Å². The molecule has 1 saturated heterocycles. The van der Waals surface area contributed by atoms with Crippen molar-refractivity contribution in [1.82, 2.24) is 4.98 Å². The normalized spacial score (nSPS) is 21.1. The highest BCUT2D eigenvalue weighted by molar-refractivity contribution is 6.21. The molecule has 1 fully saturated rings. The number of anilines is 2. The molecule has 1 aliphatic heterocycles. The molecular formula is C10H11N3O2. The number of rotatable bonds is 1. The molecule has 0 aromatic carbocycles. The van der Waals surface area contributed by atoms with E-state index in [1.807, 2.05) is 0 Å². The quantitative estimate of drug-likeness (QED) is 0.680. The largest absolute Gasteiger partial charge is 0.396 e. The van der Waals surface area contributed by atoms with Crippen LogP contribution in [0.5, 0.6) is 0 Å². The number of amides is 2. The van der Waals surface area contributed by atoms with Crippen LogP contribution in [0.3, 0.4) is 0 Å². The lowest BCUT2D eigenvalue weighted by Gasteiger charge is -2.14. The van der Waals surface area contributed by atoms with Gasteiger partial charge >= 0.3 is 0 Å². The maximum atomic E-state index is 11.7. The zero-order chi connectivity index (χ0) is 11.0. The van der Waals surface area contributed by atoms with Gasteiger partial charge in [-0.3, -0.25) is 9.59 Å². The summed E-state index contributed by atoms with van der Waals surface area (Å²) in [7, 11) is 0. The fraction of sp³-hybridized carbons (Fsp3) is 0.300. The van der Waals surface area contributed by atoms with E-state index < -0.39 is 0 Å². The van der Waals surface area contributed by atoms with Gasteiger partial charge in [0.05, 0.1) is 5.69 Å². The Morgan fingerprint density at radius 2 is 2.27 bits per heavy atom. The fourth-order valence-corrected chi connectivity index (χ4v) is 1.60. The standard InChI is InChI=1S/C10H11N3O2/c1-6-5-8(14)13(10(6)15)9-7(11)3-2-4-12-9/h2-4,6H,5,11H2,1H3. The molecular weight excluding hydrogens is 194 g/mol. The summed E-state index contributed by atoms with van der Waals surface area (Å²) in [6.45, 7) is 1.72. The SMILES string of the molecule is CC1CC(=O)N(c2ncccc2N)C1=O. The average molecular weight is 205 g/mol. The van der Waals surface area contributed by atoms with Gasteiger partial charge in [0.1, 0.15) is 0 Å². The van der Waals surface area contributed by atoms with Crippen molar-refractivity contribution in [2.75, 3.05) is 10.6 Å². The summed E-state index contributed by atoms with van der Waals surface area (Å²) in [5, 5.41) is 0. The number of nitrogens with zero attached hydrogens (tertiary/aromatic N) is 2. The number of nitrogens with two attached hydrogens (primary N) is 1. The average Bonchev–Trinajstić information content (AvgIpc) is 2.43. The van der Waals surface area contributed by atoms with Gasteiger partial charge in [0.2, 0.25) is 11.8 Å². The first kappa shape index (κ1) is 9.64. The molecule has 1 atom stereocenters. The maximum Gasteiger partial charge on any atom is 0.238 e. The molecule has 78 valence electrons. The minimum absolute atomic E-state index is 0.231. The Hall–Kier alpha value is -1.91. The third-order valence-corrected chi connectivity index (χ3v) is 2.40. The predicted molar refractivity (Wildman–Crippen MR) is 54.9 cm³/mol. The second kappa shape index (κ2) is 3.34. The van der Waals surface area contributed by atoms with Gasteiger partial charge in [0, 0.05) is 18.5 Å². The summed E-state index contributed by atoms with van der Waals surface area (Å²) in [5.74, 6) is -0.501. The first-order valence-electron chi connectivity index (χ1n) is 4.68. The molecule has 2 heterocycles. The highest BCUT2D eigenvalue weighted by Crippen LogP contribution is 2.27. The van der Waals surface area contributed by atoms with Crippen molar-refractivity contribution in [2.24, 2.45) is 5.92 Å². The molecule has 15 heavy (non-hydrogen) atoms. The van der Waals surface area contributed by atoms with E-state index >= 15 is 0 Å². The van der Waals surface area contributed by atoms with Crippen LogP contribution in [0.15, 0.2) is 18.3 Å². The van der Waals surface area contributed by atoms with E-state index in [0.717, 1.165) is 4.90 Å². The van der Waals surface area contributed by atoms with E-state index in [0.29, 0.717) is 5.69 Å². The van der Waals surface area contributed by atoms with Gasteiger partial charge in [0.15, 0.2) is 5.82 Å². The molecule has 0 saturated carbocycles. The lowest BCUT2D eigenvalue weighted by Crippen LogP contribution is -2.31. The van der Waals surface area contributed by atoms with Crippen LogP contribution in [0.25, 0.3) is 0 Å². The van der Waals surface area contributed by atoms with Crippen LogP contribution in [0.1, 0.15) is 13.3 Å². The van der Waals surface area contributed by atoms with Crippen LogP contribution in [-0.4, -0.2) is 16.8 Å². The van der Waals surface area contributed by atoms with Crippen LogP contribution < -0.4 is 10.6 Å². The zero-order valence-electron chi connectivity index (χ0n) is 8.30. The second-order valence-corrected chi connectivity index (χ2v) is 3.59. The summed E-state index contributed by atoms with van der Waals surface area (Å²) >= 11 is 0. The van der Waals surface area contributed by atoms with Gasteiger partial charge < -0.3 is 5.73 Å². The van der Waals surface area contributed by atoms with Crippen LogP contribution in [0.2, 0.25) is 0 Å². The minimum atomic E-state index is -0.279. The topological polar surface area (TPSA) is 76.3 Å². The van der Waals surface area contributed by atoms with Crippen LogP contribution in [0, 0.1) is 5.92 Å². The zero-order valence-corrected chi connectivity index (χ0v) is 8.30. The van der Waals surface area contributed by atoms with Crippen molar-refractivity contribution in [2.45, 2.75) is 13.3 Å². The van der Waals surface area contributed by atoms with Gasteiger partial charge in [-0.15, -0.1) is 0 Å². The molecule has 0 radical (unpaired) electrons. The van der Waals surface area contributed by atoms with Crippen LogP contribution >= 0.6 is 0 Å². The third kappa shape index (κ3) is 1.45. The molecule has 5 heteroatoms. The van der Waals surface area contributed by atoms with Gasteiger partial charge in [-0.05, 0) is 12.1 Å². The Balaban J connectivity index is 2.44. The molecule has 2 rings (SSSR count). The molecule has 2 amide bonds. The summed E-state index contributed by atoms with van der Waals surface area (Å²) in [4.78, 5) is 28.3. The highest BCUT2D eigenvalue weighted by Gasteiger charge is 2.38. The first-order chi connectivity index (χ1) is 7.11. The molecule has 0 spiro atoms. The van der Waals surface area contributed by atoms with E-state index in [2.05, 4.69) is 4.98 Å². The van der Waals surface area contributed by atoms with Gasteiger partial charge in [-0.2, -0.15) is 0 Å². The van der Waals surface area contributed by atoms with Crippen molar-refractivity contribution >= 4 is 23.3 Å². The van der Waals surface area contributed by atoms with Gasteiger partial charge in [-0.25, -0.2) is 9.88 Å². The van der Waals surface area contributed by atoms with E-state index in [1.165, 1.54) is 6.20 Å². The summed E-state index contributed by atoms with van der Waals surface area (Å²) in [6, 6.07) is 3.28. The Morgan fingerprint density at radius 1 is 1.53 bits per heavy atom. The number of aromatic nitrogens is 1. The summed E-state index contributed by atoms with van der Waals surface area (Å²) in [6.07, 6.45) is 1.74. The summed E-state index contributed by atoms with van der Waals surface area (Å²) in [5.41, 5.74) is 6.00. The Bertz CT molecular complexity index is 430. The number of pyridine rings is 1.